The Labute approximate surface area is 152 Å². The van der Waals surface area contributed by atoms with Crippen molar-refractivity contribution in [2.75, 3.05) is 5.32 Å². The highest BCUT2D eigenvalue weighted by Gasteiger charge is 2.14. The number of aryl methyl sites for hydroxylation is 1. The van der Waals surface area contributed by atoms with Gasteiger partial charge in [0.25, 0.3) is 11.5 Å². The van der Waals surface area contributed by atoms with Crippen LogP contribution >= 0.6 is 11.3 Å². The van der Waals surface area contributed by atoms with Crippen LogP contribution in [0.25, 0.3) is 22.0 Å². The number of benzene rings is 2. The third-order valence-electron chi connectivity index (χ3n) is 3.97. The van der Waals surface area contributed by atoms with E-state index in [1.54, 1.807) is 35.6 Å². The molecule has 4 rings (SSSR count). The first-order chi connectivity index (χ1) is 12.6. The summed E-state index contributed by atoms with van der Waals surface area (Å²) in [4.78, 5) is 28.9. The molecule has 2 aromatic carbocycles. The highest BCUT2D eigenvalue weighted by molar-refractivity contribution is 7.09. The highest BCUT2D eigenvalue weighted by Crippen LogP contribution is 2.23. The van der Waals surface area contributed by atoms with E-state index in [0.717, 1.165) is 16.3 Å². The lowest BCUT2D eigenvalue weighted by atomic mass is 10.1. The van der Waals surface area contributed by atoms with E-state index in [4.69, 9.17) is 0 Å². The zero-order chi connectivity index (χ0) is 18.1. The Balaban J connectivity index is 1.61. The number of carbonyl (C=O) groups excluding carboxylic acids is 1. The van der Waals surface area contributed by atoms with Gasteiger partial charge in [0.2, 0.25) is 0 Å². The first kappa shape index (κ1) is 16.2. The van der Waals surface area contributed by atoms with Crippen molar-refractivity contribution in [1.29, 1.82) is 0 Å². The molecular weight excluding hydrogens is 348 g/mol. The van der Waals surface area contributed by atoms with E-state index in [1.807, 2.05) is 36.6 Å². The van der Waals surface area contributed by atoms with Gasteiger partial charge in [0.15, 0.2) is 5.69 Å². The standard InChI is InChI=1S/C19H14N4O2S/c1-11-20-16(10-26-11)12-6-8-13(9-7-12)21-19(25)17-14-4-2-3-5-15(14)18(24)23-22-17/h2-10H,1H3,(H,21,25)(H,23,24). The molecule has 0 bridgehead atoms. The minimum Gasteiger partial charge on any atom is -0.321 e. The molecule has 0 spiro atoms. The number of amides is 1. The molecule has 0 aliphatic rings. The Morgan fingerprint density at radius 1 is 1.08 bits per heavy atom. The Morgan fingerprint density at radius 2 is 1.81 bits per heavy atom. The summed E-state index contributed by atoms with van der Waals surface area (Å²) >= 11 is 1.60. The van der Waals surface area contributed by atoms with E-state index in [2.05, 4.69) is 20.5 Å². The summed E-state index contributed by atoms with van der Waals surface area (Å²) in [6.45, 7) is 1.96. The van der Waals surface area contributed by atoms with Crippen LogP contribution in [0.1, 0.15) is 15.5 Å². The van der Waals surface area contributed by atoms with Gasteiger partial charge in [0, 0.05) is 22.0 Å². The van der Waals surface area contributed by atoms with Crippen molar-refractivity contribution in [2.24, 2.45) is 0 Å². The minimum atomic E-state index is -0.380. The topological polar surface area (TPSA) is 87.7 Å². The Kier molecular flexibility index (Phi) is 4.06. The van der Waals surface area contributed by atoms with Gasteiger partial charge in [-0.15, -0.1) is 11.3 Å². The lowest BCUT2D eigenvalue weighted by Crippen LogP contribution is -2.19. The average molecular weight is 362 g/mol. The Bertz CT molecular complexity index is 1160. The van der Waals surface area contributed by atoms with Gasteiger partial charge in [-0.2, -0.15) is 5.10 Å². The van der Waals surface area contributed by atoms with E-state index >= 15 is 0 Å². The number of fused-ring (bicyclic) bond motifs is 1. The molecule has 6 nitrogen and oxygen atoms in total. The SMILES string of the molecule is Cc1nc(-c2ccc(NC(=O)c3n[nH]c(=O)c4ccccc34)cc2)cs1. The third-order valence-corrected chi connectivity index (χ3v) is 4.74. The summed E-state index contributed by atoms with van der Waals surface area (Å²) in [7, 11) is 0. The van der Waals surface area contributed by atoms with Crippen molar-refractivity contribution in [3.8, 4) is 11.3 Å². The smallest absolute Gasteiger partial charge is 0.276 e. The first-order valence-electron chi connectivity index (χ1n) is 7.93. The van der Waals surface area contributed by atoms with Crippen molar-refractivity contribution < 1.29 is 4.79 Å². The molecule has 0 aliphatic heterocycles. The molecule has 26 heavy (non-hydrogen) atoms. The fourth-order valence-corrected chi connectivity index (χ4v) is 3.32. The van der Waals surface area contributed by atoms with Crippen molar-refractivity contribution in [2.45, 2.75) is 6.92 Å². The first-order valence-corrected chi connectivity index (χ1v) is 8.81. The molecule has 0 radical (unpaired) electrons. The second kappa shape index (κ2) is 6.53. The van der Waals surface area contributed by atoms with E-state index in [9.17, 15) is 9.59 Å². The molecule has 0 saturated heterocycles. The van der Waals surface area contributed by atoms with Crippen molar-refractivity contribution in [3.63, 3.8) is 0 Å². The summed E-state index contributed by atoms with van der Waals surface area (Å²) in [5.74, 6) is -0.380. The van der Waals surface area contributed by atoms with Gasteiger partial charge < -0.3 is 5.32 Å². The van der Waals surface area contributed by atoms with Crippen LogP contribution in [0.5, 0.6) is 0 Å². The molecule has 0 atom stereocenters. The molecule has 1 amide bonds. The molecule has 0 fully saturated rings. The van der Waals surface area contributed by atoms with Gasteiger partial charge in [-0.05, 0) is 25.1 Å². The second-order valence-electron chi connectivity index (χ2n) is 5.73. The zero-order valence-electron chi connectivity index (χ0n) is 13.8. The van der Waals surface area contributed by atoms with Crippen molar-refractivity contribution >= 4 is 33.7 Å². The number of carbonyl (C=O) groups is 1. The molecule has 0 aliphatic carbocycles. The summed E-state index contributed by atoms with van der Waals surface area (Å²) in [6, 6.07) is 14.3. The number of anilines is 1. The maximum absolute atomic E-state index is 12.6. The van der Waals surface area contributed by atoms with Crippen LogP contribution in [0.4, 0.5) is 5.69 Å². The lowest BCUT2D eigenvalue weighted by molar-refractivity contribution is 0.102. The second-order valence-corrected chi connectivity index (χ2v) is 6.79. The number of aromatic nitrogens is 3. The summed E-state index contributed by atoms with van der Waals surface area (Å²) in [6.07, 6.45) is 0. The van der Waals surface area contributed by atoms with E-state index in [0.29, 0.717) is 16.5 Å². The van der Waals surface area contributed by atoms with Crippen LogP contribution in [0, 0.1) is 6.92 Å². The van der Waals surface area contributed by atoms with Gasteiger partial charge in [-0.3, -0.25) is 9.59 Å². The summed E-state index contributed by atoms with van der Waals surface area (Å²) in [5, 5.41) is 13.1. The molecule has 128 valence electrons. The monoisotopic (exact) mass is 362 g/mol. The van der Waals surface area contributed by atoms with Crippen molar-refractivity contribution in [3.05, 3.63) is 75.0 Å². The number of thiazole rings is 1. The number of nitrogens with zero attached hydrogens (tertiary/aromatic N) is 2. The van der Waals surface area contributed by atoms with E-state index in [1.165, 1.54) is 0 Å². The number of hydrogen-bond donors (Lipinski definition) is 2. The molecule has 2 aromatic heterocycles. The predicted octanol–water partition coefficient (Wildman–Crippen LogP) is 3.61. The van der Waals surface area contributed by atoms with E-state index in [-0.39, 0.29) is 17.2 Å². The Morgan fingerprint density at radius 3 is 2.50 bits per heavy atom. The quantitative estimate of drug-likeness (QED) is 0.583. The number of H-pyrrole nitrogens is 1. The van der Waals surface area contributed by atoms with Gasteiger partial charge in [-0.1, -0.05) is 30.3 Å². The van der Waals surface area contributed by atoms with Gasteiger partial charge >= 0.3 is 0 Å². The maximum atomic E-state index is 12.6. The normalized spacial score (nSPS) is 10.8. The largest absolute Gasteiger partial charge is 0.321 e. The molecule has 4 aromatic rings. The third kappa shape index (κ3) is 3.00. The lowest BCUT2D eigenvalue weighted by Gasteiger charge is -2.07. The molecular formula is C19H14N4O2S. The van der Waals surface area contributed by atoms with Gasteiger partial charge in [0.05, 0.1) is 16.1 Å². The fourth-order valence-electron chi connectivity index (χ4n) is 2.70. The highest BCUT2D eigenvalue weighted by atomic mass is 32.1. The van der Waals surface area contributed by atoms with Crippen LogP contribution in [0.15, 0.2) is 58.7 Å². The summed E-state index contributed by atoms with van der Waals surface area (Å²) in [5.41, 5.74) is 2.40. The maximum Gasteiger partial charge on any atom is 0.276 e. The molecule has 2 heterocycles. The van der Waals surface area contributed by atoms with Crippen LogP contribution in [-0.2, 0) is 0 Å². The zero-order valence-corrected chi connectivity index (χ0v) is 14.6. The van der Waals surface area contributed by atoms with Gasteiger partial charge in [0.1, 0.15) is 0 Å². The summed E-state index contributed by atoms with van der Waals surface area (Å²) < 4.78 is 0. The van der Waals surface area contributed by atoms with Crippen LogP contribution in [0.2, 0.25) is 0 Å². The van der Waals surface area contributed by atoms with E-state index < -0.39 is 0 Å². The molecule has 2 N–H and O–H groups in total. The molecule has 7 heteroatoms. The van der Waals surface area contributed by atoms with Gasteiger partial charge in [-0.25, -0.2) is 10.1 Å². The van der Waals surface area contributed by atoms with Crippen LogP contribution in [-0.4, -0.2) is 21.1 Å². The fraction of sp³-hybridized carbons (Fsp3) is 0.0526. The van der Waals surface area contributed by atoms with Crippen LogP contribution < -0.4 is 10.9 Å². The average Bonchev–Trinajstić information content (AvgIpc) is 3.09. The Hall–Kier alpha value is -3.32. The van der Waals surface area contributed by atoms with Crippen LogP contribution in [0.3, 0.4) is 0 Å². The number of nitrogens with one attached hydrogen (secondary N) is 2. The molecule has 0 unspecified atom stereocenters. The minimum absolute atomic E-state index is 0.180. The van der Waals surface area contributed by atoms with Crippen molar-refractivity contribution in [1.82, 2.24) is 15.2 Å². The number of aromatic amines is 1. The predicted molar refractivity (Wildman–Crippen MR) is 103 cm³/mol. The molecule has 0 saturated carbocycles. The number of rotatable bonds is 3. The number of hydrogen-bond acceptors (Lipinski definition) is 5.